The van der Waals surface area contributed by atoms with Crippen LogP contribution in [0.25, 0.3) is 0 Å². The second-order valence-electron chi connectivity index (χ2n) is 4.93. The molecule has 0 amide bonds. The van der Waals surface area contributed by atoms with Crippen LogP contribution in [0.3, 0.4) is 0 Å². The van der Waals surface area contributed by atoms with E-state index in [-0.39, 0.29) is 56.9 Å². The number of hydrogen-bond acceptors (Lipinski definition) is 8. The Kier molecular flexibility index (Phi) is 15.4. The molecule has 33 heavy (non-hydrogen) atoms. The van der Waals surface area contributed by atoms with Gasteiger partial charge in [0.25, 0.3) is 11.4 Å². The molecule has 0 spiro atoms. The molecular formula is C15H8Br2ClF4N2NaO8. The van der Waals surface area contributed by atoms with Crippen molar-refractivity contribution in [2.24, 2.45) is 0 Å². The second-order valence-corrected chi connectivity index (χ2v) is 7.11. The fourth-order valence-corrected chi connectivity index (χ4v) is 1.99. The zero-order chi connectivity index (χ0) is 25.2. The van der Waals surface area contributed by atoms with Gasteiger partial charge < -0.3 is 19.7 Å². The number of phenols is 1. The van der Waals surface area contributed by atoms with Crippen LogP contribution in [0.1, 0.15) is 0 Å². The SMILES string of the molecule is O=C([O-])C(F)(F)Cl.O=[N+]([O-])c1ccc(Br)c(O)c1.O=[N+]([O-])c1ccc(Br)c(OC(F)F)c1.[Na+]. The number of carboxylic acids is 1. The third-order valence-electron chi connectivity index (χ3n) is 2.71. The minimum Gasteiger partial charge on any atom is -0.543 e. The Balaban J connectivity index is 0. The van der Waals surface area contributed by atoms with Gasteiger partial charge >= 0.3 is 41.6 Å². The van der Waals surface area contributed by atoms with E-state index in [4.69, 9.17) is 15.0 Å². The van der Waals surface area contributed by atoms with Gasteiger partial charge in [0.05, 0.1) is 30.9 Å². The summed E-state index contributed by atoms with van der Waals surface area (Å²) in [7, 11) is 0. The average Bonchev–Trinajstić information content (AvgIpc) is 2.65. The molecule has 0 aliphatic rings. The molecule has 0 unspecified atom stereocenters. The number of carboxylic acid groups (broad SMARTS) is 1. The topological polar surface area (TPSA) is 156 Å². The number of halogens is 7. The molecule has 2 aromatic carbocycles. The van der Waals surface area contributed by atoms with Crippen molar-refractivity contribution in [2.75, 3.05) is 0 Å². The van der Waals surface area contributed by atoms with E-state index in [0.29, 0.717) is 4.47 Å². The number of nitro groups is 2. The second kappa shape index (κ2) is 15.2. The maximum absolute atomic E-state index is 11.8. The number of non-ortho nitro benzene ring substituents is 2. The summed E-state index contributed by atoms with van der Waals surface area (Å²) in [6.07, 6.45) is 0. The first-order valence-electron chi connectivity index (χ1n) is 7.36. The number of ether oxygens (including phenoxy) is 1. The molecule has 1 N–H and O–H groups in total. The summed E-state index contributed by atoms with van der Waals surface area (Å²) in [5.41, 5.74) is -0.422. The van der Waals surface area contributed by atoms with Crippen LogP contribution in [-0.2, 0) is 4.79 Å². The van der Waals surface area contributed by atoms with Crippen LogP contribution in [0.5, 0.6) is 11.5 Å². The molecule has 0 aliphatic heterocycles. The third kappa shape index (κ3) is 13.5. The van der Waals surface area contributed by atoms with Crippen LogP contribution < -0.4 is 39.4 Å². The summed E-state index contributed by atoms with van der Waals surface area (Å²) in [4.78, 5) is 28.2. The normalized spacial score (nSPS) is 9.94. The molecule has 18 heteroatoms. The number of rotatable bonds is 5. The number of carbonyl (C=O) groups excluding carboxylic acids is 1. The predicted molar refractivity (Wildman–Crippen MR) is 106 cm³/mol. The molecule has 0 fully saturated rings. The van der Waals surface area contributed by atoms with Crippen LogP contribution in [-0.4, -0.2) is 32.9 Å². The van der Waals surface area contributed by atoms with Gasteiger partial charge in [-0.2, -0.15) is 17.6 Å². The van der Waals surface area contributed by atoms with Crippen LogP contribution in [0.15, 0.2) is 45.3 Å². The van der Waals surface area contributed by atoms with Crippen molar-refractivity contribution >= 4 is 60.8 Å². The van der Waals surface area contributed by atoms with E-state index in [1.165, 1.54) is 24.3 Å². The maximum Gasteiger partial charge on any atom is 1.00 e. The van der Waals surface area contributed by atoms with Gasteiger partial charge in [-0.05, 0) is 55.6 Å². The number of nitrogens with zero attached hydrogens (tertiary/aromatic N) is 2. The van der Waals surface area contributed by atoms with Gasteiger partial charge in [-0.3, -0.25) is 20.2 Å². The summed E-state index contributed by atoms with van der Waals surface area (Å²) in [6, 6.07) is 7.20. The van der Waals surface area contributed by atoms with Gasteiger partial charge in [0.2, 0.25) is 0 Å². The van der Waals surface area contributed by atoms with Crippen LogP contribution in [0, 0.1) is 20.2 Å². The minimum absolute atomic E-state index is 0. The van der Waals surface area contributed by atoms with Crippen molar-refractivity contribution in [1.82, 2.24) is 0 Å². The van der Waals surface area contributed by atoms with Crippen molar-refractivity contribution in [1.29, 1.82) is 0 Å². The molecule has 2 rings (SSSR count). The minimum atomic E-state index is -4.22. The van der Waals surface area contributed by atoms with E-state index in [1.807, 2.05) is 0 Å². The van der Waals surface area contributed by atoms with Gasteiger partial charge in [-0.25, -0.2) is 0 Å². The molecule has 0 aromatic heterocycles. The summed E-state index contributed by atoms with van der Waals surface area (Å²) in [6.45, 7) is -3.01. The number of alkyl halides is 5. The fourth-order valence-electron chi connectivity index (χ4n) is 1.41. The number of nitro benzene ring substituents is 2. The molecule has 0 radical (unpaired) electrons. The Morgan fingerprint density at radius 1 is 1.03 bits per heavy atom. The molecule has 0 heterocycles. The van der Waals surface area contributed by atoms with E-state index in [2.05, 4.69) is 48.2 Å². The zero-order valence-corrected chi connectivity index (χ0v) is 21.8. The van der Waals surface area contributed by atoms with E-state index >= 15 is 0 Å². The molecule has 0 atom stereocenters. The van der Waals surface area contributed by atoms with Crippen LogP contribution >= 0.6 is 43.5 Å². The van der Waals surface area contributed by atoms with Crippen LogP contribution in [0.4, 0.5) is 28.9 Å². The molecule has 0 saturated carbocycles. The molecule has 2 aromatic rings. The van der Waals surface area contributed by atoms with Gasteiger partial charge in [-0.15, -0.1) is 0 Å². The predicted octanol–water partition coefficient (Wildman–Crippen LogP) is 1.59. The first kappa shape index (κ1) is 33.5. The summed E-state index contributed by atoms with van der Waals surface area (Å²) < 4.78 is 50.3. The van der Waals surface area contributed by atoms with Crippen molar-refractivity contribution in [3.05, 3.63) is 65.6 Å². The molecule has 0 saturated heterocycles. The Hall–Kier alpha value is -1.72. The summed E-state index contributed by atoms with van der Waals surface area (Å²) in [5, 5.41) is 34.2. The van der Waals surface area contributed by atoms with Gasteiger partial charge in [0.1, 0.15) is 17.5 Å². The van der Waals surface area contributed by atoms with E-state index in [0.717, 1.165) is 12.1 Å². The summed E-state index contributed by atoms with van der Waals surface area (Å²) in [5.74, 6) is -2.96. The summed E-state index contributed by atoms with van der Waals surface area (Å²) >= 11 is 9.81. The van der Waals surface area contributed by atoms with E-state index < -0.39 is 27.8 Å². The fraction of sp³-hybridized carbons (Fsp3) is 0.133. The number of carbonyl (C=O) groups is 1. The average molecular weight is 638 g/mol. The van der Waals surface area contributed by atoms with Crippen molar-refractivity contribution in [3.63, 3.8) is 0 Å². The smallest absolute Gasteiger partial charge is 0.543 e. The molecule has 0 bridgehead atoms. The van der Waals surface area contributed by atoms with Crippen molar-refractivity contribution < 1.29 is 76.7 Å². The number of aliphatic carboxylic acids is 1. The van der Waals surface area contributed by atoms with E-state index in [9.17, 15) is 37.8 Å². The monoisotopic (exact) mass is 636 g/mol. The number of hydrogen-bond donors (Lipinski definition) is 1. The number of aromatic hydroxyl groups is 1. The molecular weight excluding hydrogens is 630 g/mol. The Bertz CT molecular complexity index is 985. The third-order valence-corrected chi connectivity index (χ3v) is 4.19. The maximum atomic E-state index is 11.8. The Morgan fingerprint density at radius 2 is 1.42 bits per heavy atom. The molecule has 176 valence electrons. The van der Waals surface area contributed by atoms with Gasteiger partial charge in [0.15, 0.2) is 0 Å². The van der Waals surface area contributed by atoms with E-state index in [1.54, 1.807) is 0 Å². The first-order valence-corrected chi connectivity index (χ1v) is 9.32. The quantitative estimate of drug-likeness (QED) is 0.170. The zero-order valence-electron chi connectivity index (χ0n) is 15.9. The molecule has 0 aliphatic carbocycles. The van der Waals surface area contributed by atoms with Crippen LogP contribution in [0.2, 0.25) is 0 Å². The number of phenolic OH excluding ortho intramolecular Hbond substituents is 1. The van der Waals surface area contributed by atoms with Gasteiger partial charge in [-0.1, -0.05) is 0 Å². The largest absolute Gasteiger partial charge is 1.00 e. The van der Waals surface area contributed by atoms with Crippen molar-refractivity contribution in [2.45, 2.75) is 12.0 Å². The number of benzene rings is 2. The Morgan fingerprint density at radius 3 is 1.76 bits per heavy atom. The molecule has 10 nitrogen and oxygen atoms in total. The van der Waals surface area contributed by atoms with Crippen molar-refractivity contribution in [3.8, 4) is 11.5 Å². The van der Waals surface area contributed by atoms with Gasteiger partial charge in [0, 0.05) is 12.1 Å². The Labute approximate surface area is 225 Å². The first-order chi connectivity index (χ1) is 14.6. The standard InChI is InChI=1S/C7H4BrF2NO3.C6H4BrNO3.C2HClF2O2.Na/c8-5-2-1-4(11(12)13)3-6(5)14-7(9)10;7-5-2-1-4(8(10)11)3-6(5)9;3-2(4,5)1(6)7;/h1-3,7H;1-3,9H;(H,6,7);/q;;;+1/p-1.